The van der Waals surface area contributed by atoms with Gasteiger partial charge in [0.2, 0.25) is 0 Å². The highest BCUT2D eigenvalue weighted by molar-refractivity contribution is 7.21. The summed E-state index contributed by atoms with van der Waals surface area (Å²) >= 11 is 1.53. The first-order chi connectivity index (χ1) is 9.13. The molecule has 96 valence electrons. The van der Waals surface area contributed by atoms with Crippen molar-refractivity contribution in [3.8, 4) is 10.6 Å². The maximum atomic E-state index is 13.2. The Morgan fingerprint density at radius 3 is 2.47 bits per heavy atom. The van der Waals surface area contributed by atoms with Crippen molar-refractivity contribution in [2.24, 2.45) is 0 Å². The third-order valence-corrected chi connectivity index (χ3v) is 4.24. The zero-order chi connectivity index (χ0) is 13.4. The summed E-state index contributed by atoms with van der Waals surface area (Å²) < 4.78 is 14.1. The predicted molar refractivity (Wildman–Crippen MR) is 79.1 cm³/mol. The summed E-state index contributed by atoms with van der Waals surface area (Å²) in [4.78, 5) is 4.55. The highest BCUT2D eigenvalue weighted by atomic mass is 32.1. The first kappa shape index (κ1) is 12.3. The van der Waals surface area contributed by atoms with E-state index in [1.807, 2.05) is 0 Å². The first-order valence-corrected chi connectivity index (χ1v) is 7.11. The van der Waals surface area contributed by atoms with Gasteiger partial charge in [-0.2, -0.15) is 0 Å². The molecule has 0 saturated carbocycles. The monoisotopic (exact) mass is 271 g/mol. The molecule has 0 amide bonds. The zero-order valence-electron chi connectivity index (χ0n) is 10.9. The number of halogens is 1. The highest BCUT2D eigenvalue weighted by Crippen LogP contribution is 2.31. The highest BCUT2D eigenvalue weighted by Gasteiger charge is 2.07. The Labute approximate surface area is 115 Å². The van der Waals surface area contributed by atoms with Crippen LogP contribution in [0.3, 0.4) is 0 Å². The molecule has 1 aromatic heterocycles. The number of hydrogen-bond donors (Lipinski definition) is 0. The summed E-state index contributed by atoms with van der Waals surface area (Å²) in [6, 6.07) is 13.2. The summed E-state index contributed by atoms with van der Waals surface area (Å²) in [5, 5.41) is 0.941. The number of benzene rings is 2. The van der Waals surface area contributed by atoms with E-state index in [0.717, 1.165) is 20.8 Å². The lowest BCUT2D eigenvalue weighted by Crippen LogP contribution is -1.86. The van der Waals surface area contributed by atoms with E-state index in [9.17, 15) is 4.39 Å². The van der Waals surface area contributed by atoms with E-state index in [4.69, 9.17) is 0 Å². The molecule has 0 N–H and O–H groups in total. The fourth-order valence-corrected chi connectivity index (χ4v) is 3.03. The minimum atomic E-state index is -0.210. The number of rotatable bonds is 2. The Kier molecular flexibility index (Phi) is 3.07. The van der Waals surface area contributed by atoms with Crippen molar-refractivity contribution in [1.29, 1.82) is 0 Å². The number of hydrogen-bond acceptors (Lipinski definition) is 2. The lowest BCUT2D eigenvalue weighted by atomic mass is 10.0. The van der Waals surface area contributed by atoms with Crippen molar-refractivity contribution in [2.45, 2.75) is 19.8 Å². The van der Waals surface area contributed by atoms with E-state index < -0.39 is 0 Å². The van der Waals surface area contributed by atoms with Crippen LogP contribution in [-0.4, -0.2) is 4.98 Å². The van der Waals surface area contributed by atoms with Crippen LogP contribution in [-0.2, 0) is 0 Å². The Morgan fingerprint density at radius 2 is 1.79 bits per heavy atom. The molecule has 1 nitrogen and oxygen atoms in total. The SMILES string of the molecule is CC(C)c1ccc(-c2nc3ccc(F)cc3s2)cc1. The normalized spacial score (nSPS) is 11.4. The van der Waals surface area contributed by atoms with Gasteiger partial charge in [-0.3, -0.25) is 0 Å². The smallest absolute Gasteiger partial charge is 0.124 e. The summed E-state index contributed by atoms with van der Waals surface area (Å²) in [5.74, 6) is 0.316. The molecule has 0 spiro atoms. The molecule has 19 heavy (non-hydrogen) atoms. The van der Waals surface area contributed by atoms with E-state index in [1.54, 1.807) is 12.1 Å². The minimum absolute atomic E-state index is 0.210. The van der Waals surface area contributed by atoms with E-state index >= 15 is 0 Å². The summed E-state index contributed by atoms with van der Waals surface area (Å²) in [5.41, 5.74) is 3.26. The van der Waals surface area contributed by atoms with Crippen LogP contribution in [0.5, 0.6) is 0 Å². The Hall–Kier alpha value is -1.74. The summed E-state index contributed by atoms with van der Waals surface area (Å²) in [6.07, 6.45) is 0. The molecule has 0 aliphatic rings. The molecule has 0 unspecified atom stereocenters. The molecule has 0 bridgehead atoms. The van der Waals surface area contributed by atoms with Crippen molar-refractivity contribution >= 4 is 21.6 Å². The molecule has 3 aromatic rings. The van der Waals surface area contributed by atoms with Crippen molar-refractivity contribution in [1.82, 2.24) is 4.98 Å². The second-order valence-electron chi connectivity index (χ2n) is 4.91. The fourth-order valence-electron chi connectivity index (χ4n) is 2.03. The Bertz CT molecular complexity index is 713. The average molecular weight is 271 g/mol. The topological polar surface area (TPSA) is 12.9 Å². The standard InChI is InChI=1S/C16H14FNS/c1-10(2)11-3-5-12(6-4-11)16-18-14-8-7-13(17)9-15(14)19-16/h3-10H,1-2H3. The van der Waals surface area contributed by atoms with Crippen molar-refractivity contribution < 1.29 is 4.39 Å². The van der Waals surface area contributed by atoms with Crippen LogP contribution in [0.25, 0.3) is 20.8 Å². The van der Waals surface area contributed by atoms with Crippen LogP contribution in [0.2, 0.25) is 0 Å². The molecule has 0 aliphatic carbocycles. The fraction of sp³-hybridized carbons (Fsp3) is 0.188. The molecule has 0 atom stereocenters. The largest absolute Gasteiger partial charge is 0.236 e. The predicted octanol–water partition coefficient (Wildman–Crippen LogP) is 5.23. The Morgan fingerprint density at radius 1 is 1.05 bits per heavy atom. The molecule has 1 heterocycles. The van der Waals surface area contributed by atoms with Crippen LogP contribution in [0, 0.1) is 5.82 Å². The summed E-state index contributed by atoms with van der Waals surface area (Å²) in [6.45, 7) is 4.35. The van der Waals surface area contributed by atoms with Crippen LogP contribution >= 0.6 is 11.3 Å². The van der Waals surface area contributed by atoms with E-state index in [1.165, 1.54) is 23.0 Å². The number of nitrogens with zero attached hydrogens (tertiary/aromatic N) is 1. The molecule has 3 rings (SSSR count). The van der Waals surface area contributed by atoms with Crippen LogP contribution in [0.4, 0.5) is 4.39 Å². The quantitative estimate of drug-likeness (QED) is 0.622. The van der Waals surface area contributed by atoms with Crippen molar-refractivity contribution in [3.63, 3.8) is 0 Å². The molecular weight excluding hydrogens is 257 g/mol. The number of fused-ring (bicyclic) bond motifs is 1. The van der Waals surface area contributed by atoms with E-state index in [-0.39, 0.29) is 5.82 Å². The van der Waals surface area contributed by atoms with Crippen molar-refractivity contribution in [2.75, 3.05) is 0 Å². The van der Waals surface area contributed by atoms with Gasteiger partial charge in [0.25, 0.3) is 0 Å². The molecule has 0 fully saturated rings. The van der Waals surface area contributed by atoms with Gasteiger partial charge in [-0.1, -0.05) is 38.1 Å². The van der Waals surface area contributed by atoms with Gasteiger partial charge in [0.05, 0.1) is 10.2 Å². The van der Waals surface area contributed by atoms with Crippen LogP contribution in [0.15, 0.2) is 42.5 Å². The van der Waals surface area contributed by atoms with Gasteiger partial charge in [0.15, 0.2) is 0 Å². The first-order valence-electron chi connectivity index (χ1n) is 6.30. The molecule has 2 aromatic carbocycles. The number of thiazole rings is 1. The third-order valence-electron chi connectivity index (χ3n) is 3.17. The van der Waals surface area contributed by atoms with Gasteiger partial charge in [0.1, 0.15) is 10.8 Å². The number of aromatic nitrogens is 1. The van der Waals surface area contributed by atoms with Crippen LogP contribution < -0.4 is 0 Å². The maximum absolute atomic E-state index is 13.2. The lowest BCUT2D eigenvalue weighted by molar-refractivity contribution is 0.630. The van der Waals surface area contributed by atoms with Crippen LogP contribution in [0.1, 0.15) is 25.3 Å². The third kappa shape index (κ3) is 2.38. The zero-order valence-corrected chi connectivity index (χ0v) is 11.7. The van der Waals surface area contributed by atoms with Gasteiger partial charge < -0.3 is 0 Å². The molecule has 0 aliphatic heterocycles. The van der Waals surface area contributed by atoms with Gasteiger partial charge in [-0.25, -0.2) is 9.37 Å². The van der Waals surface area contributed by atoms with Gasteiger partial charge in [-0.05, 0) is 29.7 Å². The van der Waals surface area contributed by atoms with E-state index in [2.05, 4.69) is 43.1 Å². The Balaban J connectivity index is 2.03. The minimum Gasteiger partial charge on any atom is -0.236 e. The molecule has 0 radical (unpaired) electrons. The maximum Gasteiger partial charge on any atom is 0.124 e. The average Bonchev–Trinajstić information content (AvgIpc) is 2.81. The van der Waals surface area contributed by atoms with Gasteiger partial charge in [-0.15, -0.1) is 11.3 Å². The van der Waals surface area contributed by atoms with Crippen molar-refractivity contribution in [3.05, 3.63) is 53.8 Å². The lowest BCUT2D eigenvalue weighted by Gasteiger charge is -2.05. The second-order valence-corrected chi connectivity index (χ2v) is 5.94. The molecule has 0 saturated heterocycles. The summed E-state index contributed by atoms with van der Waals surface area (Å²) in [7, 11) is 0. The van der Waals surface area contributed by atoms with E-state index in [0.29, 0.717) is 5.92 Å². The molecule has 3 heteroatoms. The van der Waals surface area contributed by atoms with Gasteiger partial charge in [0, 0.05) is 5.56 Å². The molecular formula is C16H14FNS. The van der Waals surface area contributed by atoms with Gasteiger partial charge >= 0.3 is 0 Å². The second kappa shape index (κ2) is 4.74.